The van der Waals surface area contributed by atoms with E-state index in [4.69, 9.17) is 4.74 Å². The van der Waals surface area contributed by atoms with Crippen molar-refractivity contribution in [1.29, 1.82) is 0 Å². The molecule has 1 aliphatic carbocycles. The fraction of sp³-hybridized carbons (Fsp3) is 0.667. The van der Waals surface area contributed by atoms with E-state index in [1.165, 1.54) is 6.42 Å². The smallest absolute Gasteiger partial charge is 0.169 e. The molecule has 1 fully saturated rings. The van der Waals surface area contributed by atoms with Gasteiger partial charge >= 0.3 is 0 Å². The van der Waals surface area contributed by atoms with E-state index in [2.05, 4.69) is 12.3 Å². The molecular formula is C15H22O2S. The Morgan fingerprint density at radius 3 is 3.06 bits per heavy atom. The second-order valence-electron chi connectivity index (χ2n) is 5.36. The van der Waals surface area contributed by atoms with Gasteiger partial charge in [-0.25, -0.2) is 0 Å². The highest BCUT2D eigenvalue weighted by Gasteiger charge is 2.41. The predicted molar refractivity (Wildman–Crippen MR) is 75.0 cm³/mol. The van der Waals surface area contributed by atoms with E-state index >= 15 is 0 Å². The molecule has 2 rings (SSSR count). The van der Waals surface area contributed by atoms with Crippen LogP contribution >= 0.6 is 11.3 Å². The van der Waals surface area contributed by atoms with E-state index in [9.17, 15) is 4.79 Å². The van der Waals surface area contributed by atoms with E-state index in [0.717, 1.165) is 24.8 Å². The summed E-state index contributed by atoms with van der Waals surface area (Å²) < 4.78 is 5.91. The maximum atomic E-state index is 12.6. The predicted octanol–water partition coefficient (Wildman–Crippen LogP) is 3.85. The summed E-state index contributed by atoms with van der Waals surface area (Å²) in [5.74, 6) is 0.867. The molecule has 3 heteroatoms. The zero-order valence-electron chi connectivity index (χ0n) is 11.3. The van der Waals surface area contributed by atoms with Crippen molar-refractivity contribution in [2.24, 2.45) is 5.92 Å². The van der Waals surface area contributed by atoms with Gasteiger partial charge in [-0.15, -0.1) is 0 Å². The van der Waals surface area contributed by atoms with Crippen molar-refractivity contribution in [2.75, 3.05) is 6.61 Å². The second kappa shape index (κ2) is 5.98. The summed E-state index contributed by atoms with van der Waals surface area (Å²) in [5, 5.41) is 4.09. The SMILES string of the molecule is CCOC1(C(=O)Cc2ccsc2)CCCC(C)C1. The molecule has 1 heterocycles. The van der Waals surface area contributed by atoms with Gasteiger partial charge in [0.05, 0.1) is 0 Å². The van der Waals surface area contributed by atoms with Gasteiger partial charge in [0, 0.05) is 13.0 Å². The monoisotopic (exact) mass is 266 g/mol. The van der Waals surface area contributed by atoms with Crippen LogP contribution in [-0.4, -0.2) is 18.0 Å². The molecule has 2 unspecified atom stereocenters. The van der Waals surface area contributed by atoms with Crippen molar-refractivity contribution < 1.29 is 9.53 Å². The molecule has 0 amide bonds. The first-order valence-corrected chi connectivity index (χ1v) is 7.79. The van der Waals surface area contributed by atoms with Gasteiger partial charge in [0.15, 0.2) is 5.78 Å². The molecule has 1 aromatic rings. The fourth-order valence-corrected chi connectivity index (χ4v) is 3.65. The Morgan fingerprint density at radius 1 is 1.61 bits per heavy atom. The number of carbonyl (C=O) groups excluding carboxylic acids is 1. The quantitative estimate of drug-likeness (QED) is 0.809. The summed E-state index contributed by atoms with van der Waals surface area (Å²) >= 11 is 1.65. The largest absolute Gasteiger partial charge is 0.367 e. The fourth-order valence-electron chi connectivity index (χ4n) is 2.98. The Balaban J connectivity index is 2.10. The molecule has 0 N–H and O–H groups in total. The van der Waals surface area contributed by atoms with Crippen LogP contribution in [0.2, 0.25) is 0 Å². The molecule has 0 aliphatic heterocycles. The molecule has 0 bridgehead atoms. The standard InChI is InChI=1S/C15H22O2S/c1-3-17-15(7-4-5-12(2)10-15)14(16)9-13-6-8-18-11-13/h6,8,11-12H,3-5,7,9-10H2,1-2H3. The van der Waals surface area contributed by atoms with Crippen LogP contribution in [0.4, 0.5) is 0 Å². The summed E-state index contributed by atoms with van der Waals surface area (Å²) in [6.45, 7) is 4.84. The van der Waals surface area contributed by atoms with Gasteiger partial charge in [-0.3, -0.25) is 4.79 Å². The number of rotatable bonds is 5. The van der Waals surface area contributed by atoms with Gasteiger partial charge in [-0.05, 0) is 54.5 Å². The molecule has 0 aromatic carbocycles. The number of hydrogen-bond donors (Lipinski definition) is 0. The van der Waals surface area contributed by atoms with Crippen molar-refractivity contribution in [3.63, 3.8) is 0 Å². The van der Waals surface area contributed by atoms with Gasteiger partial charge in [-0.1, -0.05) is 13.3 Å². The molecule has 2 atom stereocenters. The van der Waals surface area contributed by atoms with Crippen molar-refractivity contribution in [3.8, 4) is 0 Å². The molecule has 18 heavy (non-hydrogen) atoms. The minimum atomic E-state index is -0.506. The van der Waals surface area contributed by atoms with E-state index < -0.39 is 5.60 Å². The number of thiophene rings is 1. The van der Waals surface area contributed by atoms with Gasteiger partial charge < -0.3 is 4.74 Å². The summed E-state index contributed by atoms with van der Waals surface area (Å²) in [5.41, 5.74) is 0.622. The summed E-state index contributed by atoms with van der Waals surface area (Å²) in [6, 6.07) is 2.04. The first-order valence-electron chi connectivity index (χ1n) is 6.84. The lowest BCUT2D eigenvalue weighted by molar-refractivity contribution is -0.150. The van der Waals surface area contributed by atoms with Crippen LogP contribution in [-0.2, 0) is 16.0 Å². The molecule has 1 aliphatic rings. The highest BCUT2D eigenvalue weighted by molar-refractivity contribution is 7.08. The van der Waals surface area contributed by atoms with Crippen LogP contribution in [0, 0.1) is 5.92 Å². The maximum absolute atomic E-state index is 12.6. The van der Waals surface area contributed by atoms with Gasteiger partial charge in [0.1, 0.15) is 5.60 Å². The zero-order valence-corrected chi connectivity index (χ0v) is 12.1. The first kappa shape index (κ1) is 13.8. The highest BCUT2D eigenvalue weighted by Crippen LogP contribution is 2.36. The van der Waals surface area contributed by atoms with Crippen LogP contribution < -0.4 is 0 Å². The van der Waals surface area contributed by atoms with Gasteiger partial charge in [-0.2, -0.15) is 11.3 Å². The average molecular weight is 266 g/mol. The van der Waals surface area contributed by atoms with Crippen LogP contribution in [0.15, 0.2) is 16.8 Å². The van der Waals surface area contributed by atoms with Gasteiger partial charge in [0.25, 0.3) is 0 Å². The molecule has 0 radical (unpaired) electrons. The summed E-state index contributed by atoms with van der Waals surface area (Å²) in [4.78, 5) is 12.6. The molecular weight excluding hydrogens is 244 g/mol. The lowest BCUT2D eigenvalue weighted by Gasteiger charge is -2.38. The number of ether oxygens (including phenoxy) is 1. The highest BCUT2D eigenvalue weighted by atomic mass is 32.1. The van der Waals surface area contributed by atoms with Crippen LogP contribution in [0.1, 0.15) is 45.1 Å². The average Bonchev–Trinajstić information content (AvgIpc) is 2.82. The lowest BCUT2D eigenvalue weighted by atomic mass is 9.75. The molecule has 0 spiro atoms. The third kappa shape index (κ3) is 3.01. The third-order valence-corrected chi connectivity index (χ3v) is 4.56. The Hall–Kier alpha value is -0.670. The first-order chi connectivity index (χ1) is 8.66. The molecule has 100 valence electrons. The van der Waals surface area contributed by atoms with Crippen LogP contribution in [0.3, 0.4) is 0 Å². The van der Waals surface area contributed by atoms with E-state index in [-0.39, 0.29) is 5.78 Å². The minimum absolute atomic E-state index is 0.273. The second-order valence-corrected chi connectivity index (χ2v) is 6.14. The van der Waals surface area contributed by atoms with Crippen LogP contribution in [0.5, 0.6) is 0 Å². The lowest BCUT2D eigenvalue weighted by Crippen LogP contribution is -2.46. The van der Waals surface area contributed by atoms with Crippen molar-refractivity contribution in [3.05, 3.63) is 22.4 Å². The van der Waals surface area contributed by atoms with Crippen LogP contribution in [0.25, 0.3) is 0 Å². The molecule has 0 saturated heterocycles. The molecule has 2 nitrogen and oxygen atoms in total. The van der Waals surface area contributed by atoms with Gasteiger partial charge in [0.2, 0.25) is 0 Å². The summed E-state index contributed by atoms with van der Waals surface area (Å²) in [6.07, 6.45) is 4.64. The normalized spacial score (nSPS) is 28.2. The number of Topliss-reactive ketones (excluding diaryl/α,β-unsaturated/α-hetero) is 1. The summed E-state index contributed by atoms with van der Waals surface area (Å²) in [7, 11) is 0. The van der Waals surface area contributed by atoms with Crippen molar-refractivity contribution in [1.82, 2.24) is 0 Å². The van der Waals surface area contributed by atoms with E-state index in [1.54, 1.807) is 11.3 Å². The third-order valence-electron chi connectivity index (χ3n) is 3.83. The maximum Gasteiger partial charge on any atom is 0.169 e. The molecule has 1 saturated carbocycles. The Labute approximate surface area is 113 Å². The molecule has 1 aromatic heterocycles. The van der Waals surface area contributed by atoms with E-state index in [1.807, 2.05) is 18.4 Å². The number of ketones is 1. The van der Waals surface area contributed by atoms with Crippen molar-refractivity contribution >= 4 is 17.1 Å². The topological polar surface area (TPSA) is 26.3 Å². The number of carbonyl (C=O) groups is 1. The Bertz CT molecular complexity index is 381. The zero-order chi connectivity index (χ0) is 13.0. The Kier molecular flexibility index (Phi) is 4.57. The van der Waals surface area contributed by atoms with Crippen molar-refractivity contribution in [2.45, 2.75) is 51.6 Å². The minimum Gasteiger partial charge on any atom is -0.367 e. The Morgan fingerprint density at radius 2 is 2.44 bits per heavy atom. The van der Waals surface area contributed by atoms with E-state index in [0.29, 0.717) is 18.9 Å². The number of hydrogen-bond acceptors (Lipinski definition) is 3.